The molecule has 0 bridgehead atoms. The Balaban J connectivity index is 1.48. The highest BCUT2D eigenvalue weighted by Gasteiger charge is 2.24. The van der Waals surface area contributed by atoms with E-state index >= 15 is 4.39 Å². The predicted octanol–water partition coefficient (Wildman–Crippen LogP) is 6.92. The van der Waals surface area contributed by atoms with Gasteiger partial charge in [-0.15, -0.1) is 0 Å². The van der Waals surface area contributed by atoms with Crippen molar-refractivity contribution < 1.29 is 23.5 Å². The number of carbonyl (C=O) groups is 2. The summed E-state index contributed by atoms with van der Waals surface area (Å²) in [5.41, 5.74) is 3.74. The molecule has 5 rings (SSSR count). The second-order valence-electron chi connectivity index (χ2n) is 9.48. The third-order valence-corrected chi connectivity index (χ3v) is 6.97. The van der Waals surface area contributed by atoms with Crippen LogP contribution < -0.4 is 4.74 Å². The maximum Gasteiger partial charge on any atom is 0.337 e. The molecule has 1 saturated carbocycles. The number of aromatic nitrogens is 2. The normalized spacial score (nSPS) is 14.0. The fraction of sp³-hybridized carbons (Fsp3) is 0.300. The molecule has 0 N–H and O–H groups in total. The summed E-state index contributed by atoms with van der Waals surface area (Å²) in [5.74, 6) is 0.0504. The molecule has 1 fully saturated rings. The van der Waals surface area contributed by atoms with Crippen LogP contribution in [0.4, 0.5) is 4.39 Å². The first-order valence-electron chi connectivity index (χ1n) is 12.6. The zero-order chi connectivity index (χ0) is 25.9. The SMILES string of the molecule is COC(=O)c1ccc2c(c1)nc(-c1ccc(OCc3cccc(C(C)=O)c3)cc1F)n2C1CCCCC1. The van der Waals surface area contributed by atoms with Crippen LogP contribution in [-0.4, -0.2) is 28.4 Å². The lowest BCUT2D eigenvalue weighted by Crippen LogP contribution is -2.14. The van der Waals surface area contributed by atoms with Crippen LogP contribution >= 0.6 is 0 Å². The minimum Gasteiger partial charge on any atom is -0.489 e. The molecule has 0 amide bonds. The van der Waals surface area contributed by atoms with Gasteiger partial charge >= 0.3 is 5.97 Å². The van der Waals surface area contributed by atoms with Crippen molar-refractivity contribution in [2.45, 2.75) is 51.7 Å². The molecule has 0 unspecified atom stereocenters. The van der Waals surface area contributed by atoms with Gasteiger partial charge in [0.25, 0.3) is 0 Å². The lowest BCUT2D eigenvalue weighted by atomic mass is 9.94. The van der Waals surface area contributed by atoms with E-state index in [9.17, 15) is 9.59 Å². The Labute approximate surface area is 215 Å². The molecule has 1 aliphatic rings. The van der Waals surface area contributed by atoms with E-state index in [0.717, 1.165) is 36.8 Å². The number of hydrogen-bond acceptors (Lipinski definition) is 5. The van der Waals surface area contributed by atoms with Crippen molar-refractivity contribution in [3.8, 4) is 17.1 Å². The average molecular weight is 501 g/mol. The number of rotatable bonds is 7. The molecule has 1 heterocycles. The number of benzene rings is 3. The van der Waals surface area contributed by atoms with Gasteiger partial charge in [-0.25, -0.2) is 14.2 Å². The number of ketones is 1. The second-order valence-corrected chi connectivity index (χ2v) is 9.48. The van der Waals surface area contributed by atoms with Gasteiger partial charge in [-0.1, -0.05) is 37.5 Å². The smallest absolute Gasteiger partial charge is 0.337 e. The summed E-state index contributed by atoms with van der Waals surface area (Å²) in [4.78, 5) is 28.5. The van der Waals surface area contributed by atoms with Crippen molar-refractivity contribution in [1.29, 1.82) is 0 Å². The number of imidazole rings is 1. The van der Waals surface area contributed by atoms with Gasteiger partial charge in [0.1, 0.15) is 24.0 Å². The molecule has 0 atom stereocenters. The molecule has 0 saturated heterocycles. The quantitative estimate of drug-likeness (QED) is 0.204. The Hall–Kier alpha value is -4.00. The molecule has 190 valence electrons. The number of Topliss-reactive ketones (excluding diaryl/α,β-unsaturated/α-hetero) is 1. The van der Waals surface area contributed by atoms with Crippen LogP contribution in [0.15, 0.2) is 60.7 Å². The first-order chi connectivity index (χ1) is 17.9. The topological polar surface area (TPSA) is 70.4 Å². The van der Waals surface area contributed by atoms with Crippen LogP contribution in [0.1, 0.15) is 71.3 Å². The summed E-state index contributed by atoms with van der Waals surface area (Å²) in [6.07, 6.45) is 5.42. The Morgan fingerprint density at radius 3 is 2.54 bits per heavy atom. The van der Waals surface area contributed by atoms with E-state index in [2.05, 4.69) is 4.57 Å². The zero-order valence-corrected chi connectivity index (χ0v) is 21.0. The first kappa shape index (κ1) is 24.7. The van der Waals surface area contributed by atoms with E-state index in [1.54, 1.807) is 42.5 Å². The third-order valence-electron chi connectivity index (χ3n) is 6.97. The molecule has 1 aliphatic carbocycles. The van der Waals surface area contributed by atoms with Gasteiger partial charge in [-0.2, -0.15) is 0 Å². The van der Waals surface area contributed by atoms with Crippen molar-refractivity contribution in [2.24, 2.45) is 0 Å². The van der Waals surface area contributed by atoms with Gasteiger partial charge in [-0.05, 0) is 61.7 Å². The van der Waals surface area contributed by atoms with Crippen LogP contribution in [0.5, 0.6) is 5.75 Å². The van der Waals surface area contributed by atoms with E-state index in [1.807, 2.05) is 12.1 Å². The standard InChI is InChI=1S/C30H29FN2O4/c1-19(34)21-8-6-7-20(15-21)18-37-24-12-13-25(26(31)17-24)29-32-27-16-22(30(35)36-2)11-14-28(27)33(29)23-9-4-3-5-10-23/h6-8,11-17,23H,3-5,9-10,18H2,1-2H3. The fourth-order valence-electron chi connectivity index (χ4n) is 5.06. The molecule has 4 aromatic rings. The second kappa shape index (κ2) is 10.5. The molecule has 0 radical (unpaired) electrons. The largest absolute Gasteiger partial charge is 0.489 e. The highest BCUT2D eigenvalue weighted by atomic mass is 19.1. The number of halogens is 1. The summed E-state index contributed by atoms with van der Waals surface area (Å²) in [6, 6.07) is 17.5. The summed E-state index contributed by atoms with van der Waals surface area (Å²) in [6.45, 7) is 1.74. The summed E-state index contributed by atoms with van der Waals surface area (Å²) in [7, 11) is 1.34. The Morgan fingerprint density at radius 2 is 1.81 bits per heavy atom. The Bertz CT molecular complexity index is 1470. The van der Waals surface area contributed by atoms with Crippen LogP contribution in [0.3, 0.4) is 0 Å². The lowest BCUT2D eigenvalue weighted by molar-refractivity contribution is 0.0600. The van der Waals surface area contributed by atoms with E-state index < -0.39 is 11.8 Å². The van der Waals surface area contributed by atoms with Gasteiger partial charge in [0.15, 0.2) is 5.78 Å². The maximum absolute atomic E-state index is 15.5. The van der Waals surface area contributed by atoms with E-state index in [1.165, 1.54) is 26.5 Å². The monoisotopic (exact) mass is 500 g/mol. The number of nitrogens with zero attached hydrogens (tertiary/aromatic N) is 2. The highest BCUT2D eigenvalue weighted by molar-refractivity contribution is 5.95. The van der Waals surface area contributed by atoms with Crippen molar-refractivity contribution in [3.63, 3.8) is 0 Å². The average Bonchev–Trinajstić information content (AvgIpc) is 3.30. The minimum absolute atomic E-state index is 0.0168. The van der Waals surface area contributed by atoms with Crippen molar-refractivity contribution in [2.75, 3.05) is 7.11 Å². The zero-order valence-electron chi connectivity index (χ0n) is 21.0. The number of fused-ring (bicyclic) bond motifs is 1. The summed E-state index contributed by atoms with van der Waals surface area (Å²) >= 11 is 0. The molecule has 0 aliphatic heterocycles. The van der Waals surface area contributed by atoms with Gasteiger partial charge in [0, 0.05) is 17.7 Å². The Kier molecular flexibility index (Phi) is 7.04. The number of ether oxygens (including phenoxy) is 2. The van der Waals surface area contributed by atoms with Crippen LogP contribution in [0.25, 0.3) is 22.4 Å². The van der Waals surface area contributed by atoms with Crippen molar-refractivity contribution in [3.05, 3.63) is 83.2 Å². The maximum atomic E-state index is 15.5. The molecule has 6 nitrogen and oxygen atoms in total. The van der Waals surface area contributed by atoms with Gasteiger partial charge in [-0.3, -0.25) is 4.79 Å². The van der Waals surface area contributed by atoms with E-state index in [-0.39, 0.29) is 18.4 Å². The number of esters is 1. The van der Waals surface area contributed by atoms with E-state index in [0.29, 0.717) is 33.8 Å². The van der Waals surface area contributed by atoms with Crippen molar-refractivity contribution >= 4 is 22.8 Å². The third kappa shape index (κ3) is 5.12. The Morgan fingerprint density at radius 1 is 1.00 bits per heavy atom. The van der Waals surface area contributed by atoms with Gasteiger partial charge in [0.05, 0.1) is 29.3 Å². The van der Waals surface area contributed by atoms with Gasteiger partial charge < -0.3 is 14.0 Å². The first-order valence-corrected chi connectivity index (χ1v) is 12.6. The molecular weight excluding hydrogens is 471 g/mol. The van der Waals surface area contributed by atoms with E-state index in [4.69, 9.17) is 14.5 Å². The van der Waals surface area contributed by atoms with Gasteiger partial charge in [0.2, 0.25) is 0 Å². The summed E-state index contributed by atoms with van der Waals surface area (Å²) < 4.78 is 28.3. The molecule has 0 spiro atoms. The highest BCUT2D eigenvalue weighted by Crippen LogP contribution is 2.37. The molecule has 7 heteroatoms. The molecule has 3 aromatic carbocycles. The number of hydrogen-bond donors (Lipinski definition) is 0. The fourth-order valence-corrected chi connectivity index (χ4v) is 5.06. The molecular formula is C30H29FN2O4. The van der Waals surface area contributed by atoms with Crippen LogP contribution in [0, 0.1) is 5.82 Å². The number of carbonyl (C=O) groups excluding carboxylic acids is 2. The molecule has 1 aromatic heterocycles. The van der Waals surface area contributed by atoms with Crippen LogP contribution in [0.2, 0.25) is 0 Å². The lowest BCUT2D eigenvalue weighted by Gasteiger charge is -2.25. The van der Waals surface area contributed by atoms with Crippen LogP contribution in [-0.2, 0) is 11.3 Å². The predicted molar refractivity (Wildman–Crippen MR) is 139 cm³/mol. The number of methoxy groups -OCH3 is 1. The summed E-state index contributed by atoms with van der Waals surface area (Å²) in [5, 5.41) is 0. The molecule has 37 heavy (non-hydrogen) atoms. The van der Waals surface area contributed by atoms with Crippen molar-refractivity contribution in [1.82, 2.24) is 9.55 Å². The minimum atomic E-state index is -0.435.